The molecule has 0 saturated heterocycles. The van der Waals surface area contributed by atoms with E-state index in [2.05, 4.69) is 24.4 Å². The lowest BCUT2D eigenvalue weighted by atomic mass is 10.0. The van der Waals surface area contributed by atoms with Gasteiger partial charge in [-0.25, -0.2) is 0 Å². The van der Waals surface area contributed by atoms with E-state index in [1.54, 1.807) is 0 Å². The van der Waals surface area contributed by atoms with Gasteiger partial charge in [-0.2, -0.15) is 0 Å². The van der Waals surface area contributed by atoms with Gasteiger partial charge in [0.25, 0.3) is 0 Å². The van der Waals surface area contributed by atoms with Crippen LogP contribution in [0.1, 0.15) is 24.5 Å². The van der Waals surface area contributed by atoms with Crippen LogP contribution in [0, 0.1) is 0 Å². The summed E-state index contributed by atoms with van der Waals surface area (Å²) >= 11 is 0. The molecular formula is C19H22N2O. The normalized spacial score (nSPS) is 13.6. The fourth-order valence-corrected chi connectivity index (χ4v) is 3.06. The molecule has 1 aliphatic rings. The van der Waals surface area contributed by atoms with Gasteiger partial charge in [0.2, 0.25) is 5.91 Å². The molecule has 3 rings (SSSR count). The number of anilines is 2. The Bertz CT molecular complexity index is 666. The SMILES string of the molecule is CCc1ccccc1NCC(=O)N1CCCc2ccccc21. The van der Waals surface area contributed by atoms with Gasteiger partial charge >= 0.3 is 0 Å². The van der Waals surface area contributed by atoms with E-state index >= 15 is 0 Å². The van der Waals surface area contributed by atoms with E-state index < -0.39 is 0 Å². The van der Waals surface area contributed by atoms with Gasteiger partial charge in [0.15, 0.2) is 0 Å². The number of rotatable bonds is 4. The molecule has 3 heteroatoms. The summed E-state index contributed by atoms with van der Waals surface area (Å²) in [6.45, 7) is 3.28. The highest BCUT2D eigenvalue weighted by atomic mass is 16.2. The van der Waals surface area contributed by atoms with E-state index in [0.29, 0.717) is 6.54 Å². The highest BCUT2D eigenvalue weighted by Gasteiger charge is 2.21. The van der Waals surface area contributed by atoms with Crippen molar-refractivity contribution in [1.29, 1.82) is 0 Å². The highest BCUT2D eigenvalue weighted by molar-refractivity contribution is 5.97. The second-order valence-corrected chi connectivity index (χ2v) is 5.64. The first-order valence-corrected chi connectivity index (χ1v) is 7.99. The Kier molecular flexibility index (Phi) is 4.42. The molecule has 0 bridgehead atoms. The fourth-order valence-electron chi connectivity index (χ4n) is 3.06. The number of nitrogens with zero attached hydrogens (tertiary/aromatic N) is 1. The lowest BCUT2D eigenvalue weighted by molar-refractivity contribution is -0.117. The van der Waals surface area contributed by atoms with E-state index in [9.17, 15) is 4.79 Å². The average Bonchev–Trinajstić information content (AvgIpc) is 2.59. The predicted molar refractivity (Wildman–Crippen MR) is 91.4 cm³/mol. The molecule has 0 saturated carbocycles. The van der Waals surface area contributed by atoms with Gasteiger partial charge in [0, 0.05) is 17.9 Å². The topological polar surface area (TPSA) is 32.3 Å². The molecular weight excluding hydrogens is 272 g/mol. The van der Waals surface area contributed by atoms with Crippen LogP contribution < -0.4 is 10.2 Å². The zero-order valence-electron chi connectivity index (χ0n) is 13.0. The molecule has 0 radical (unpaired) electrons. The van der Waals surface area contributed by atoms with Crippen molar-refractivity contribution in [1.82, 2.24) is 0 Å². The summed E-state index contributed by atoms with van der Waals surface area (Å²) < 4.78 is 0. The summed E-state index contributed by atoms with van der Waals surface area (Å²) in [6, 6.07) is 16.4. The Morgan fingerprint density at radius 1 is 1.14 bits per heavy atom. The third-order valence-electron chi connectivity index (χ3n) is 4.24. The minimum Gasteiger partial charge on any atom is -0.376 e. The quantitative estimate of drug-likeness (QED) is 0.933. The van der Waals surface area contributed by atoms with Crippen molar-refractivity contribution in [2.45, 2.75) is 26.2 Å². The third-order valence-corrected chi connectivity index (χ3v) is 4.24. The van der Waals surface area contributed by atoms with Crippen molar-refractivity contribution in [3.63, 3.8) is 0 Å². The number of hydrogen-bond donors (Lipinski definition) is 1. The number of para-hydroxylation sites is 2. The number of fused-ring (bicyclic) bond motifs is 1. The van der Waals surface area contributed by atoms with Crippen LogP contribution >= 0.6 is 0 Å². The first kappa shape index (κ1) is 14.6. The van der Waals surface area contributed by atoms with Crippen LogP contribution in [0.2, 0.25) is 0 Å². The van der Waals surface area contributed by atoms with Crippen molar-refractivity contribution < 1.29 is 4.79 Å². The Morgan fingerprint density at radius 2 is 1.91 bits per heavy atom. The minimum absolute atomic E-state index is 0.137. The molecule has 0 aliphatic carbocycles. The van der Waals surface area contributed by atoms with Crippen molar-refractivity contribution in [2.24, 2.45) is 0 Å². The van der Waals surface area contributed by atoms with Gasteiger partial charge < -0.3 is 10.2 Å². The molecule has 1 aliphatic heterocycles. The molecule has 2 aromatic carbocycles. The van der Waals surface area contributed by atoms with E-state index in [1.165, 1.54) is 11.1 Å². The number of aryl methyl sites for hydroxylation is 2. The van der Waals surface area contributed by atoms with Crippen molar-refractivity contribution in [3.8, 4) is 0 Å². The zero-order valence-corrected chi connectivity index (χ0v) is 13.0. The molecule has 0 spiro atoms. The Balaban J connectivity index is 1.71. The lowest BCUT2D eigenvalue weighted by Gasteiger charge is -2.29. The third kappa shape index (κ3) is 2.98. The largest absolute Gasteiger partial charge is 0.376 e. The van der Waals surface area contributed by atoms with E-state index in [4.69, 9.17) is 0 Å². The molecule has 0 fully saturated rings. The summed E-state index contributed by atoms with van der Waals surface area (Å²) in [5, 5.41) is 3.30. The molecule has 0 atom stereocenters. The van der Waals surface area contributed by atoms with E-state index in [1.807, 2.05) is 41.3 Å². The lowest BCUT2D eigenvalue weighted by Crippen LogP contribution is -2.39. The van der Waals surface area contributed by atoms with E-state index in [-0.39, 0.29) is 5.91 Å². The average molecular weight is 294 g/mol. The monoisotopic (exact) mass is 294 g/mol. The standard InChI is InChI=1S/C19H22N2O/c1-2-15-8-3-5-11-17(15)20-14-19(22)21-13-7-10-16-9-4-6-12-18(16)21/h3-6,8-9,11-12,20H,2,7,10,13-14H2,1H3. The number of hydrogen-bond acceptors (Lipinski definition) is 2. The van der Waals surface area contributed by atoms with Crippen LogP contribution in [0.3, 0.4) is 0 Å². The summed E-state index contributed by atoms with van der Waals surface area (Å²) in [5.74, 6) is 0.137. The summed E-state index contributed by atoms with van der Waals surface area (Å²) in [6.07, 6.45) is 3.06. The predicted octanol–water partition coefficient (Wildman–Crippen LogP) is 3.64. The van der Waals surface area contributed by atoms with Crippen LogP contribution in [0.15, 0.2) is 48.5 Å². The molecule has 1 heterocycles. The number of carbonyl (C=O) groups is 1. The second kappa shape index (κ2) is 6.65. The minimum atomic E-state index is 0.137. The number of benzene rings is 2. The maximum atomic E-state index is 12.6. The highest BCUT2D eigenvalue weighted by Crippen LogP contribution is 2.26. The molecule has 114 valence electrons. The Morgan fingerprint density at radius 3 is 2.77 bits per heavy atom. The molecule has 0 aromatic heterocycles. The second-order valence-electron chi connectivity index (χ2n) is 5.64. The fraction of sp³-hybridized carbons (Fsp3) is 0.316. The van der Waals surface area contributed by atoms with Gasteiger partial charge in [-0.1, -0.05) is 43.3 Å². The Labute approximate surface area is 132 Å². The molecule has 0 unspecified atom stereocenters. The number of amides is 1. The first-order chi connectivity index (χ1) is 10.8. The molecule has 3 nitrogen and oxygen atoms in total. The van der Waals surface area contributed by atoms with Crippen molar-refractivity contribution >= 4 is 17.3 Å². The Hall–Kier alpha value is -2.29. The molecule has 1 amide bonds. The van der Waals surface area contributed by atoms with Crippen molar-refractivity contribution in [3.05, 3.63) is 59.7 Å². The van der Waals surface area contributed by atoms with E-state index in [0.717, 1.165) is 37.2 Å². The van der Waals surface area contributed by atoms with Crippen molar-refractivity contribution in [2.75, 3.05) is 23.3 Å². The maximum Gasteiger partial charge on any atom is 0.246 e. The maximum absolute atomic E-state index is 12.6. The summed E-state index contributed by atoms with van der Waals surface area (Å²) in [5.41, 5.74) is 4.65. The van der Waals surface area contributed by atoms with Gasteiger partial charge in [0.1, 0.15) is 0 Å². The smallest absolute Gasteiger partial charge is 0.246 e. The summed E-state index contributed by atoms with van der Waals surface area (Å²) in [4.78, 5) is 14.5. The number of nitrogens with one attached hydrogen (secondary N) is 1. The summed E-state index contributed by atoms with van der Waals surface area (Å²) in [7, 11) is 0. The van der Waals surface area contributed by atoms with Gasteiger partial charge in [-0.3, -0.25) is 4.79 Å². The van der Waals surface area contributed by atoms with Crippen LogP contribution in [-0.4, -0.2) is 19.0 Å². The van der Waals surface area contributed by atoms with Crippen LogP contribution in [0.5, 0.6) is 0 Å². The van der Waals surface area contributed by atoms with Gasteiger partial charge in [-0.05, 0) is 42.5 Å². The van der Waals surface area contributed by atoms with Crippen LogP contribution in [0.4, 0.5) is 11.4 Å². The van der Waals surface area contributed by atoms with Gasteiger partial charge in [-0.15, -0.1) is 0 Å². The zero-order chi connectivity index (χ0) is 15.4. The number of carbonyl (C=O) groups excluding carboxylic acids is 1. The van der Waals surface area contributed by atoms with Crippen LogP contribution in [-0.2, 0) is 17.6 Å². The van der Waals surface area contributed by atoms with Crippen LogP contribution in [0.25, 0.3) is 0 Å². The molecule has 1 N–H and O–H groups in total. The molecule has 2 aromatic rings. The first-order valence-electron chi connectivity index (χ1n) is 7.99. The van der Waals surface area contributed by atoms with Gasteiger partial charge in [0.05, 0.1) is 6.54 Å². The molecule has 22 heavy (non-hydrogen) atoms.